The van der Waals surface area contributed by atoms with E-state index in [1.165, 1.54) is 0 Å². The van der Waals surface area contributed by atoms with Crippen LogP contribution < -0.4 is 5.32 Å². The molecule has 1 heterocycles. The molecule has 2 N–H and O–H groups in total. The molecule has 1 aliphatic heterocycles. The normalized spacial score (nSPS) is 15.4. The smallest absolute Gasteiger partial charge is 0.251 e. The second-order valence-corrected chi connectivity index (χ2v) is 7.35. The molecular weight excluding hydrogens is 361 g/mol. The monoisotopic (exact) mass is 383 g/mol. The highest BCUT2D eigenvalue weighted by molar-refractivity contribution is 6.03. The van der Waals surface area contributed by atoms with Crippen molar-refractivity contribution in [3.63, 3.8) is 0 Å². The van der Waals surface area contributed by atoms with E-state index in [0.29, 0.717) is 34.7 Å². The third kappa shape index (κ3) is 3.84. The number of rotatable bonds is 8. The van der Waals surface area contributed by atoms with Gasteiger partial charge in [-0.15, -0.1) is 0 Å². The van der Waals surface area contributed by atoms with Crippen molar-refractivity contribution in [3.05, 3.63) is 69.5 Å². The Morgan fingerprint density at radius 1 is 1.21 bits per heavy atom. The van der Waals surface area contributed by atoms with Crippen LogP contribution in [0.1, 0.15) is 61.7 Å². The summed E-state index contributed by atoms with van der Waals surface area (Å²) in [4.78, 5) is 24.7. The fraction of sp³-hybridized carbons (Fsp3) is 0.364. The van der Waals surface area contributed by atoms with Gasteiger partial charge in [-0.25, -0.2) is 4.39 Å². The Morgan fingerprint density at radius 3 is 2.75 bits per heavy atom. The van der Waals surface area contributed by atoms with E-state index < -0.39 is 0 Å². The zero-order chi connectivity index (χ0) is 19.7. The molecule has 146 valence electrons. The maximum Gasteiger partial charge on any atom is 0.251 e. The highest BCUT2D eigenvalue weighted by Gasteiger charge is 2.26. The Hall–Kier alpha value is -2.57. The lowest BCUT2D eigenvalue weighted by Crippen LogP contribution is -2.15. The molecular formula is C22H22FNO4. The number of aliphatic hydroxyl groups excluding tert-OH is 1. The van der Waals surface area contributed by atoms with Crippen LogP contribution in [0.2, 0.25) is 0 Å². The maximum absolute atomic E-state index is 14.6. The highest BCUT2D eigenvalue weighted by atomic mass is 19.1. The molecule has 1 amide bonds. The van der Waals surface area contributed by atoms with Gasteiger partial charge in [0.15, 0.2) is 5.78 Å². The van der Waals surface area contributed by atoms with Gasteiger partial charge in [-0.2, -0.15) is 0 Å². The Balaban J connectivity index is 1.65. The quantitative estimate of drug-likeness (QED) is 0.543. The summed E-state index contributed by atoms with van der Waals surface area (Å²) in [6.45, 7) is 0.109. The molecule has 6 heteroatoms. The van der Waals surface area contributed by atoms with Gasteiger partial charge in [0, 0.05) is 24.1 Å². The summed E-state index contributed by atoms with van der Waals surface area (Å²) in [7, 11) is 0. The first kappa shape index (κ1) is 18.8. The van der Waals surface area contributed by atoms with Crippen molar-refractivity contribution in [2.24, 2.45) is 0 Å². The van der Waals surface area contributed by atoms with Crippen LogP contribution in [0.15, 0.2) is 30.3 Å². The van der Waals surface area contributed by atoms with Crippen LogP contribution in [0.5, 0.6) is 0 Å². The number of hydrogen-bond donors (Lipinski definition) is 2. The van der Waals surface area contributed by atoms with Gasteiger partial charge in [0.2, 0.25) is 0 Å². The summed E-state index contributed by atoms with van der Waals surface area (Å²) >= 11 is 0. The molecule has 0 unspecified atom stereocenters. The molecule has 2 aromatic carbocycles. The molecule has 1 fully saturated rings. The number of halogens is 1. The van der Waals surface area contributed by atoms with Crippen molar-refractivity contribution in [1.29, 1.82) is 0 Å². The molecule has 5 nitrogen and oxygen atoms in total. The minimum Gasteiger partial charge on any atom is -0.394 e. The van der Waals surface area contributed by atoms with E-state index >= 15 is 0 Å². The first-order valence-corrected chi connectivity index (χ1v) is 9.51. The number of hydrogen-bond acceptors (Lipinski definition) is 4. The van der Waals surface area contributed by atoms with Crippen molar-refractivity contribution < 1.29 is 23.8 Å². The van der Waals surface area contributed by atoms with Crippen LogP contribution in [0.25, 0.3) is 0 Å². The van der Waals surface area contributed by atoms with Crippen molar-refractivity contribution in [3.8, 4) is 0 Å². The lowest BCUT2D eigenvalue weighted by atomic mass is 9.92. The molecule has 1 aliphatic carbocycles. The molecule has 2 aromatic rings. The zero-order valence-electron chi connectivity index (χ0n) is 15.5. The number of Topliss-reactive ketones (excluding diaryl/α,β-unsaturated/α-hetero) is 1. The molecule has 0 atom stereocenters. The second kappa shape index (κ2) is 7.81. The molecule has 28 heavy (non-hydrogen) atoms. The predicted octanol–water partition coefficient (Wildman–Crippen LogP) is 2.73. The van der Waals surface area contributed by atoms with E-state index in [1.807, 2.05) is 6.07 Å². The van der Waals surface area contributed by atoms with Crippen LogP contribution in [-0.4, -0.2) is 36.6 Å². The van der Waals surface area contributed by atoms with E-state index in [4.69, 9.17) is 9.84 Å². The summed E-state index contributed by atoms with van der Waals surface area (Å²) < 4.78 is 19.8. The number of fused-ring (bicyclic) bond motifs is 1. The van der Waals surface area contributed by atoms with E-state index in [9.17, 15) is 14.0 Å². The molecule has 0 bridgehead atoms. The molecule has 1 saturated carbocycles. The number of benzene rings is 2. The first-order valence-electron chi connectivity index (χ1n) is 9.51. The van der Waals surface area contributed by atoms with Gasteiger partial charge >= 0.3 is 0 Å². The van der Waals surface area contributed by atoms with Crippen LogP contribution in [0.3, 0.4) is 0 Å². The van der Waals surface area contributed by atoms with Crippen molar-refractivity contribution in [1.82, 2.24) is 5.32 Å². The predicted molar refractivity (Wildman–Crippen MR) is 101 cm³/mol. The topological polar surface area (TPSA) is 75.6 Å². The van der Waals surface area contributed by atoms with E-state index in [2.05, 4.69) is 5.32 Å². The number of amides is 1. The van der Waals surface area contributed by atoms with Gasteiger partial charge in [0.05, 0.1) is 13.2 Å². The number of carbonyl (C=O) groups is 2. The minimum absolute atomic E-state index is 0.0727. The summed E-state index contributed by atoms with van der Waals surface area (Å²) in [6, 6.07) is 8.68. The highest BCUT2D eigenvalue weighted by Crippen LogP contribution is 2.40. The lowest BCUT2D eigenvalue weighted by molar-refractivity contribution is 0.0663. The van der Waals surface area contributed by atoms with Gasteiger partial charge < -0.3 is 15.2 Å². The lowest BCUT2D eigenvalue weighted by Gasteiger charge is -2.13. The average Bonchev–Trinajstić information content (AvgIpc) is 3.47. The zero-order valence-corrected chi connectivity index (χ0v) is 15.5. The van der Waals surface area contributed by atoms with Gasteiger partial charge in [0.25, 0.3) is 5.91 Å². The molecule has 4 rings (SSSR count). The maximum atomic E-state index is 14.6. The Kier molecular flexibility index (Phi) is 5.24. The summed E-state index contributed by atoms with van der Waals surface area (Å²) in [6.07, 6.45) is 2.43. The first-order chi connectivity index (χ1) is 13.6. The number of ether oxygens (including phenoxy) is 1. The van der Waals surface area contributed by atoms with Crippen LogP contribution >= 0.6 is 0 Å². The number of ketones is 1. The number of nitrogens with one attached hydrogen (secondary N) is 1. The number of carbonyl (C=O) groups excluding carboxylic acids is 2. The third-order valence-electron chi connectivity index (χ3n) is 5.29. The summed E-state index contributed by atoms with van der Waals surface area (Å²) in [5, 5.41) is 11.6. The fourth-order valence-electron chi connectivity index (χ4n) is 3.61. The third-order valence-corrected chi connectivity index (χ3v) is 5.29. The minimum atomic E-state index is -0.288. The summed E-state index contributed by atoms with van der Waals surface area (Å²) in [5.74, 6) is -0.255. The largest absolute Gasteiger partial charge is 0.394 e. The SMILES string of the molecule is O=C(COCCO)c1cc2c(cc1Cc1ccc(C3CC3)cc1F)C(=O)NC2. The van der Waals surface area contributed by atoms with E-state index in [0.717, 1.165) is 24.0 Å². The summed E-state index contributed by atoms with van der Waals surface area (Å²) in [5.41, 5.74) is 3.82. The van der Waals surface area contributed by atoms with E-state index in [1.54, 1.807) is 24.3 Å². The van der Waals surface area contributed by atoms with Gasteiger partial charge in [0.1, 0.15) is 12.4 Å². The Morgan fingerprint density at radius 2 is 2.04 bits per heavy atom. The van der Waals surface area contributed by atoms with Crippen LogP contribution in [0, 0.1) is 5.82 Å². The van der Waals surface area contributed by atoms with Crippen LogP contribution in [0.4, 0.5) is 4.39 Å². The van der Waals surface area contributed by atoms with Crippen molar-refractivity contribution in [2.45, 2.75) is 31.7 Å². The molecule has 2 aliphatic rings. The molecule has 0 radical (unpaired) electrons. The molecule has 0 saturated heterocycles. The molecule has 0 spiro atoms. The standard InChI is InChI=1S/C22H22FNO4/c23-20-10-14(13-1-2-13)3-4-15(20)7-16-8-19-17(11-24-22(19)27)9-18(16)21(26)12-28-6-5-25/h3-4,8-10,13,25H,1-2,5-7,11-12H2,(H,24,27). The average molecular weight is 383 g/mol. The van der Waals surface area contributed by atoms with Gasteiger partial charge in [-0.1, -0.05) is 12.1 Å². The van der Waals surface area contributed by atoms with E-state index in [-0.39, 0.29) is 43.7 Å². The molecule has 0 aromatic heterocycles. The van der Waals surface area contributed by atoms with Gasteiger partial charge in [-0.3, -0.25) is 9.59 Å². The second-order valence-electron chi connectivity index (χ2n) is 7.35. The van der Waals surface area contributed by atoms with Crippen LogP contribution in [-0.2, 0) is 17.7 Å². The number of aliphatic hydroxyl groups is 1. The van der Waals surface area contributed by atoms with Crippen molar-refractivity contribution in [2.75, 3.05) is 19.8 Å². The fourth-order valence-corrected chi connectivity index (χ4v) is 3.61. The van der Waals surface area contributed by atoms with Crippen molar-refractivity contribution >= 4 is 11.7 Å². The van der Waals surface area contributed by atoms with Gasteiger partial charge in [-0.05, 0) is 59.2 Å². The Labute approximate surface area is 162 Å². The Bertz CT molecular complexity index is 936.